The number of hydrogen-bond acceptors (Lipinski definition) is 12. The lowest BCUT2D eigenvalue weighted by atomic mass is 9.86. The van der Waals surface area contributed by atoms with Crippen molar-refractivity contribution in [1.82, 2.24) is 0 Å². The van der Waals surface area contributed by atoms with Gasteiger partial charge >= 0.3 is 0 Å². The molecule has 0 amide bonds. The molecule has 6 atom stereocenters. The molecule has 0 bridgehead atoms. The minimum absolute atomic E-state index is 0.186. The number of rotatable bonds is 12. The van der Waals surface area contributed by atoms with Crippen LogP contribution in [0, 0.1) is 6.92 Å². The zero-order chi connectivity index (χ0) is 31.1. The van der Waals surface area contributed by atoms with Crippen molar-refractivity contribution in [2.45, 2.75) is 69.2 Å². The molecule has 5 rings (SSSR count). The molecule has 0 radical (unpaired) electrons. The van der Waals surface area contributed by atoms with Gasteiger partial charge in [-0.2, -0.15) is 0 Å². The quantitative estimate of drug-likeness (QED) is 0.107. The first kappa shape index (κ1) is 31.4. The van der Waals surface area contributed by atoms with Gasteiger partial charge in [-0.25, -0.2) is 9.78 Å². The summed E-state index contributed by atoms with van der Waals surface area (Å²) < 4.78 is 12.2. The molecular weight excluding hydrogens is 564 g/mol. The van der Waals surface area contributed by atoms with Gasteiger partial charge < -0.3 is 39.8 Å². The Morgan fingerprint density at radius 1 is 1.23 bits per heavy atom. The number of benzene rings is 1. The van der Waals surface area contributed by atoms with E-state index < -0.39 is 48.8 Å². The Kier molecular flexibility index (Phi) is 8.91. The average molecular weight is 604 g/mol. The van der Waals surface area contributed by atoms with Gasteiger partial charge in [-0.3, -0.25) is 14.7 Å². The van der Waals surface area contributed by atoms with E-state index in [2.05, 4.69) is 4.99 Å². The molecule has 0 saturated carbocycles. The molecule has 1 unspecified atom stereocenters. The van der Waals surface area contributed by atoms with E-state index in [1.165, 1.54) is 6.07 Å². The van der Waals surface area contributed by atoms with E-state index in [0.717, 1.165) is 11.4 Å². The van der Waals surface area contributed by atoms with Crippen molar-refractivity contribution in [3.8, 4) is 5.75 Å². The van der Waals surface area contributed by atoms with E-state index in [0.29, 0.717) is 45.1 Å². The van der Waals surface area contributed by atoms with Crippen LogP contribution in [0.1, 0.15) is 30.7 Å². The lowest BCUT2D eigenvalue weighted by Gasteiger charge is -2.41. The second-order valence-electron chi connectivity index (χ2n) is 11.8. The maximum absolute atomic E-state index is 12.8. The fraction of sp³-hybridized carbons (Fsp3) is 0.533. The third kappa shape index (κ3) is 5.92. The van der Waals surface area contributed by atoms with Crippen molar-refractivity contribution in [1.29, 1.82) is 0 Å². The van der Waals surface area contributed by atoms with E-state index in [9.17, 15) is 35.4 Å². The number of nitrogens with zero attached hydrogens (tertiary/aromatic N) is 1. The molecule has 13 heteroatoms. The number of ether oxygens (including phenoxy) is 1. The highest BCUT2D eigenvalue weighted by atomic mass is 17.2. The SMILES string of the molecule is Cc1cc(=O)c2cc3c(c(CCO)c2o1)OC(C)(C)[C@H](OOC[C@H](O)[C@](O)(C[NH+]1CC=C2N=CC=C21)[C@H](O)[C@H](O)CO)C3. The van der Waals surface area contributed by atoms with Gasteiger partial charge in [0.25, 0.3) is 0 Å². The maximum atomic E-state index is 12.8. The van der Waals surface area contributed by atoms with Crippen LogP contribution >= 0.6 is 0 Å². The zero-order valence-electron chi connectivity index (χ0n) is 24.3. The molecule has 234 valence electrons. The van der Waals surface area contributed by atoms with Crippen LogP contribution in [0.2, 0.25) is 0 Å². The highest BCUT2D eigenvalue weighted by Crippen LogP contribution is 2.41. The number of aryl methyl sites for hydroxylation is 1. The summed E-state index contributed by atoms with van der Waals surface area (Å²) in [6.45, 7) is 3.82. The molecule has 3 aliphatic heterocycles. The molecule has 0 fully saturated rings. The van der Waals surface area contributed by atoms with Crippen molar-refractivity contribution in [3.63, 3.8) is 0 Å². The van der Waals surface area contributed by atoms with Gasteiger partial charge in [-0.1, -0.05) is 0 Å². The summed E-state index contributed by atoms with van der Waals surface area (Å²) in [6, 6.07) is 3.06. The lowest BCUT2D eigenvalue weighted by Crippen LogP contribution is -3.11. The van der Waals surface area contributed by atoms with Gasteiger partial charge in [0, 0.05) is 49.4 Å². The number of aliphatic imine (C=N–C) groups is 1. The minimum Gasteiger partial charge on any atom is -0.484 e. The number of quaternary nitrogens is 1. The molecular formula is C30H39N2O11+. The molecule has 7 N–H and O–H groups in total. The van der Waals surface area contributed by atoms with Gasteiger partial charge in [-0.05, 0) is 32.4 Å². The molecule has 0 saturated heterocycles. The van der Waals surface area contributed by atoms with E-state index in [1.54, 1.807) is 39.1 Å². The van der Waals surface area contributed by atoms with Crippen LogP contribution in [0.25, 0.3) is 11.0 Å². The summed E-state index contributed by atoms with van der Waals surface area (Å²) in [5.74, 6) is 0.926. The summed E-state index contributed by atoms with van der Waals surface area (Å²) in [5, 5.41) is 63.1. The molecule has 4 heterocycles. The Bertz CT molecular complexity index is 1510. The van der Waals surface area contributed by atoms with Crippen LogP contribution in [-0.2, 0) is 22.6 Å². The first-order chi connectivity index (χ1) is 20.4. The molecule has 0 spiro atoms. The number of hydrogen-bond donors (Lipinski definition) is 7. The van der Waals surface area contributed by atoms with Gasteiger partial charge in [-0.15, -0.1) is 0 Å². The standard InChI is InChI=1S/C30H38N2O11/c1-16-10-22(35)19-11-17-12-25(29(2,3)42-26(17)18(6-9-33)27(19)41-16)43-40-14-24(37)30(39,28(38)23(36)13-34)15-32-8-5-20-21(32)4-7-31-20/h4-5,7,10-11,23-25,28,33-34,36-39H,6,8-9,12-15H2,1-3H3/p+1/t23-,24+,25-,28-,30-/m1/s1. The average Bonchev–Trinajstić information content (AvgIpc) is 3.58. The molecule has 2 aromatic rings. The van der Waals surface area contributed by atoms with Gasteiger partial charge in [0.1, 0.15) is 72.5 Å². The summed E-state index contributed by atoms with van der Waals surface area (Å²) >= 11 is 0. The predicted molar refractivity (Wildman–Crippen MR) is 153 cm³/mol. The van der Waals surface area contributed by atoms with Gasteiger partial charge in [0.2, 0.25) is 0 Å². The molecule has 1 aromatic heterocycles. The monoisotopic (exact) mass is 603 g/mol. The number of allylic oxidation sites excluding steroid dienone is 1. The van der Waals surface area contributed by atoms with Crippen molar-refractivity contribution in [3.05, 3.63) is 62.8 Å². The van der Waals surface area contributed by atoms with Crippen LogP contribution in [-0.4, -0.2) is 105 Å². The lowest BCUT2D eigenvalue weighted by molar-refractivity contribution is -0.856. The summed E-state index contributed by atoms with van der Waals surface area (Å²) in [4.78, 5) is 28.8. The Hall–Kier alpha value is -2.98. The largest absolute Gasteiger partial charge is 0.484 e. The Labute approximate surface area is 247 Å². The molecule has 1 aromatic carbocycles. The van der Waals surface area contributed by atoms with E-state index in [4.69, 9.17) is 18.9 Å². The second-order valence-corrected chi connectivity index (χ2v) is 11.8. The molecule has 13 nitrogen and oxygen atoms in total. The van der Waals surface area contributed by atoms with E-state index in [1.807, 2.05) is 6.08 Å². The highest BCUT2D eigenvalue weighted by Gasteiger charge is 2.51. The summed E-state index contributed by atoms with van der Waals surface area (Å²) in [7, 11) is 0. The van der Waals surface area contributed by atoms with Crippen molar-refractivity contribution >= 4 is 17.2 Å². The number of aliphatic hydroxyl groups is 6. The first-order valence-corrected chi connectivity index (χ1v) is 14.2. The number of fused-ring (bicyclic) bond motifs is 3. The topological polar surface area (TPSA) is 196 Å². The van der Waals surface area contributed by atoms with Gasteiger partial charge in [0.05, 0.1) is 12.0 Å². The van der Waals surface area contributed by atoms with Crippen molar-refractivity contribution < 1.29 is 54.5 Å². The van der Waals surface area contributed by atoms with Gasteiger partial charge in [0.15, 0.2) is 16.7 Å². The summed E-state index contributed by atoms with van der Waals surface area (Å²) in [6.07, 6.45) is -0.430. The summed E-state index contributed by atoms with van der Waals surface area (Å²) in [5.41, 5.74) is -0.429. The highest BCUT2D eigenvalue weighted by molar-refractivity contribution is 5.84. The Morgan fingerprint density at radius 2 is 2.00 bits per heavy atom. The fourth-order valence-corrected chi connectivity index (χ4v) is 5.89. The normalized spacial score (nSPS) is 24.0. The molecule has 3 aliphatic rings. The van der Waals surface area contributed by atoms with Crippen LogP contribution in [0.4, 0.5) is 0 Å². The van der Waals surface area contributed by atoms with Crippen molar-refractivity contribution in [2.24, 2.45) is 4.99 Å². The zero-order valence-corrected chi connectivity index (χ0v) is 24.3. The number of aliphatic hydroxyl groups excluding tert-OH is 5. The Morgan fingerprint density at radius 3 is 2.72 bits per heavy atom. The van der Waals surface area contributed by atoms with E-state index in [-0.39, 0.29) is 31.4 Å². The van der Waals surface area contributed by atoms with Crippen molar-refractivity contribution in [2.75, 3.05) is 32.9 Å². The Balaban J connectivity index is 1.33. The molecule has 43 heavy (non-hydrogen) atoms. The third-order valence-electron chi connectivity index (χ3n) is 8.37. The van der Waals surface area contributed by atoms with Crippen LogP contribution in [0.15, 0.2) is 49.9 Å². The number of nitrogens with one attached hydrogen (secondary N) is 1. The smallest absolute Gasteiger partial charge is 0.192 e. The first-order valence-electron chi connectivity index (χ1n) is 14.2. The van der Waals surface area contributed by atoms with Crippen LogP contribution < -0.4 is 15.1 Å². The van der Waals surface area contributed by atoms with Crippen LogP contribution in [0.5, 0.6) is 5.75 Å². The van der Waals surface area contributed by atoms with E-state index >= 15 is 0 Å². The third-order valence-corrected chi connectivity index (χ3v) is 8.37. The fourth-order valence-electron chi connectivity index (χ4n) is 5.89. The van der Waals surface area contributed by atoms with Crippen LogP contribution in [0.3, 0.4) is 0 Å². The molecule has 0 aliphatic carbocycles. The maximum Gasteiger partial charge on any atom is 0.192 e. The second kappa shape index (κ2) is 12.2. The minimum atomic E-state index is -2.30. The predicted octanol–water partition coefficient (Wildman–Crippen LogP) is -1.78.